The van der Waals surface area contributed by atoms with Crippen LogP contribution < -0.4 is 5.32 Å². The van der Waals surface area contributed by atoms with E-state index in [0.717, 1.165) is 25.1 Å². The summed E-state index contributed by atoms with van der Waals surface area (Å²) >= 11 is 0. The number of nitrogens with zero attached hydrogens (tertiary/aromatic N) is 1. The molecule has 1 aromatic carbocycles. The smallest absolute Gasteiger partial charge is 0.217 e. The minimum Gasteiger partial charge on any atom is -0.389 e. The molecule has 0 bridgehead atoms. The molecule has 0 spiro atoms. The first-order valence-corrected chi connectivity index (χ1v) is 7.42. The number of rotatable bonds is 7. The second kappa shape index (κ2) is 8.12. The molecule has 2 unspecified atom stereocenters. The largest absolute Gasteiger partial charge is 0.389 e. The second-order valence-electron chi connectivity index (χ2n) is 5.60. The maximum Gasteiger partial charge on any atom is 0.217 e. The Kier molecular flexibility index (Phi) is 6.17. The summed E-state index contributed by atoms with van der Waals surface area (Å²) in [5, 5.41) is 12.9. The highest BCUT2D eigenvalue weighted by Crippen LogP contribution is 2.10. The number of carbonyl (C=O) groups excluding carboxylic acids is 1. The van der Waals surface area contributed by atoms with E-state index in [2.05, 4.69) is 10.2 Å². The normalized spacial score (nSPS) is 20.4. The van der Waals surface area contributed by atoms with Crippen molar-refractivity contribution in [3.8, 4) is 0 Å². The van der Waals surface area contributed by atoms with Gasteiger partial charge in [0.25, 0.3) is 0 Å². The van der Waals surface area contributed by atoms with Gasteiger partial charge in [-0.25, -0.2) is 0 Å². The highest BCUT2D eigenvalue weighted by atomic mass is 16.5. The Morgan fingerprint density at radius 2 is 2.24 bits per heavy atom. The minimum absolute atomic E-state index is 0.00796. The van der Waals surface area contributed by atoms with E-state index in [0.29, 0.717) is 19.8 Å². The molecule has 0 radical (unpaired) electrons. The maximum absolute atomic E-state index is 11.0. The van der Waals surface area contributed by atoms with Crippen molar-refractivity contribution in [2.45, 2.75) is 32.1 Å². The van der Waals surface area contributed by atoms with Crippen molar-refractivity contribution in [2.75, 3.05) is 26.2 Å². The van der Waals surface area contributed by atoms with Gasteiger partial charge in [0.05, 0.1) is 19.3 Å². The third-order valence-electron chi connectivity index (χ3n) is 3.57. The van der Waals surface area contributed by atoms with Gasteiger partial charge in [-0.05, 0) is 12.0 Å². The van der Waals surface area contributed by atoms with Crippen LogP contribution in [0.25, 0.3) is 0 Å². The Morgan fingerprint density at radius 3 is 2.95 bits per heavy atom. The quantitative estimate of drug-likeness (QED) is 0.779. The lowest BCUT2D eigenvalue weighted by Gasteiger charge is -2.20. The number of hydrogen-bond donors (Lipinski definition) is 2. The Labute approximate surface area is 125 Å². The lowest BCUT2D eigenvalue weighted by atomic mass is 10.2. The van der Waals surface area contributed by atoms with Crippen LogP contribution in [0.4, 0.5) is 0 Å². The average molecular weight is 292 g/mol. The summed E-state index contributed by atoms with van der Waals surface area (Å²) in [6, 6.07) is 10.1. The van der Waals surface area contributed by atoms with E-state index in [1.54, 1.807) is 0 Å². The summed E-state index contributed by atoms with van der Waals surface area (Å²) in [7, 11) is 0. The molecule has 1 fully saturated rings. The number of amides is 1. The first-order valence-electron chi connectivity index (χ1n) is 7.42. The van der Waals surface area contributed by atoms with Crippen LogP contribution in [0.3, 0.4) is 0 Å². The summed E-state index contributed by atoms with van der Waals surface area (Å²) in [5.74, 6) is 0.00796. The standard InChI is InChI=1S/C16H24N2O3/c1-13(19)17-15-7-8-18(9-15)10-16(20)12-21-11-14-5-3-2-4-6-14/h2-6,15-16,20H,7-12H2,1H3,(H,17,19). The highest BCUT2D eigenvalue weighted by molar-refractivity contribution is 5.73. The fourth-order valence-corrected chi connectivity index (χ4v) is 2.64. The fraction of sp³-hybridized carbons (Fsp3) is 0.562. The number of hydrogen-bond acceptors (Lipinski definition) is 4. The molecule has 5 nitrogen and oxygen atoms in total. The number of aliphatic hydroxyl groups excluding tert-OH is 1. The fourth-order valence-electron chi connectivity index (χ4n) is 2.64. The molecule has 2 rings (SSSR count). The average Bonchev–Trinajstić information content (AvgIpc) is 2.86. The van der Waals surface area contributed by atoms with Crippen molar-refractivity contribution in [1.29, 1.82) is 0 Å². The Balaban J connectivity index is 1.61. The maximum atomic E-state index is 11.0. The Morgan fingerprint density at radius 1 is 1.48 bits per heavy atom. The van der Waals surface area contributed by atoms with Crippen molar-refractivity contribution in [3.05, 3.63) is 35.9 Å². The molecule has 1 heterocycles. The highest BCUT2D eigenvalue weighted by Gasteiger charge is 2.24. The zero-order valence-electron chi connectivity index (χ0n) is 12.5. The van der Waals surface area contributed by atoms with Crippen LogP contribution in [0, 0.1) is 0 Å². The molecule has 1 aliphatic heterocycles. The Bertz CT molecular complexity index is 438. The van der Waals surface area contributed by atoms with Crippen molar-refractivity contribution in [2.24, 2.45) is 0 Å². The molecule has 1 aromatic rings. The van der Waals surface area contributed by atoms with Crippen LogP contribution >= 0.6 is 0 Å². The molecule has 0 aromatic heterocycles. The van der Waals surface area contributed by atoms with Crippen LogP contribution in [0.1, 0.15) is 18.9 Å². The van der Waals surface area contributed by atoms with E-state index in [-0.39, 0.29) is 11.9 Å². The van der Waals surface area contributed by atoms with Crippen molar-refractivity contribution >= 4 is 5.91 Å². The molecule has 21 heavy (non-hydrogen) atoms. The summed E-state index contributed by atoms with van der Waals surface area (Å²) in [5.41, 5.74) is 1.11. The minimum atomic E-state index is -0.496. The van der Waals surface area contributed by atoms with Gasteiger partial charge in [0.1, 0.15) is 0 Å². The van der Waals surface area contributed by atoms with Crippen LogP contribution in [-0.4, -0.2) is 54.3 Å². The van der Waals surface area contributed by atoms with E-state index in [9.17, 15) is 9.90 Å². The van der Waals surface area contributed by atoms with Gasteiger partial charge in [-0.15, -0.1) is 0 Å². The van der Waals surface area contributed by atoms with E-state index in [1.165, 1.54) is 6.92 Å². The molecule has 0 aliphatic carbocycles. The second-order valence-corrected chi connectivity index (χ2v) is 5.60. The predicted molar refractivity (Wildman–Crippen MR) is 80.8 cm³/mol. The molecule has 116 valence electrons. The van der Waals surface area contributed by atoms with Crippen LogP contribution in [-0.2, 0) is 16.1 Å². The monoisotopic (exact) mass is 292 g/mol. The molecule has 1 amide bonds. The molecular weight excluding hydrogens is 268 g/mol. The zero-order chi connectivity index (χ0) is 15.1. The summed E-state index contributed by atoms with van der Waals surface area (Å²) in [4.78, 5) is 13.2. The number of carbonyl (C=O) groups is 1. The SMILES string of the molecule is CC(=O)NC1CCN(CC(O)COCc2ccccc2)C1. The van der Waals surface area contributed by atoms with Gasteiger partial charge in [-0.2, -0.15) is 0 Å². The van der Waals surface area contributed by atoms with Gasteiger partial charge in [0.15, 0.2) is 0 Å². The van der Waals surface area contributed by atoms with Gasteiger partial charge >= 0.3 is 0 Å². The van der Waals surface area contributed by atoms with Gasteiger partial charge in [-0.3, -0.25) is 9.69 Å². The summed E-state index contributed by atoms with van der Waals surface area (Å²) in [6.45, 7) is 4.68. The molecule has 1 aliphatic rings. The molecule has 5 heteroatoms. The van der Waals surface area contributed by atoms with Crippen LogP contribution in [0.5, 0.6) is 0 Å². The van der Waals surface area contributed by atoms with Gasteiger partial charge < -0.3 is 15.2 Å². The lowest BCUT2D eigenvalue weighted by Crippen LogP contribution is -2.38. The molecule has 1 saturated heterocycles. The van der Waals surface area contributed by atoms with E-state index in [4.69, 9.17) is 4.74 Å². The van der Waals surface area contributed by atoms with Gasteiger partial charge in [0.2, 0.25) is 5.91 Å². The zero-order valence-corrected chi connectivity index (χ0v) is 12.5. The number of ether oxygens (including phenoxy) is 1. The third-order valence-corrected chi connectivity index (χ3v) is 3.57. The third kappa shape index (κ3) is 5.83. The Hall–Kier alpha value is -1.43. The number of β-amino-alcohol motifs (C(OH)–C–C–N with tert-alkyl or cyclic N) is 1. The van der Waals surface area contributed by atoms with E-state index in [1.807, 2.05) is 30.3 Å². The molecule has 2 atom stereocenters. The first-order chi connectivity index (χ1) is 10.1. The summed E-state index contributed by atoms with van der Waals surface area (Å²) < 4.78 is 5.54. The predicted octanol–water partition coefficient (Wildman–Crippen LogP) is 0.774. The van der Waals surface area contributed by atoms with E-state index < -0.39 is 6.10 Å². The number of benzene rings is 1. The topological polar surface area (TPSA) is 61.8 Å². The summed E-state index contributed by atoms with van der Waals surface area (Å²) in [6.07, 6.45) is 0.446. The van der Waals surface area contributed by atoms with Gasteiger partial charge in [-0.1, -0.05) is 30.3 Å². The van der Waals surface area contributed by atoms with Gasteiger partial charge in [0, 0.05) is 32.6 Å². The van der Waals surface area contributed by atoms with Crippen LogP contribution in [0.15, 0.2) is 30.3 Å². The number of nitrogens with one attached hydrogen (secondary N) is 1. The molecule has 0 saturated carbocycles. The molecular formula is C16H24N2O3. The first kappa shape index (κ1) is 15.9. The van der Waals surface area contributed by atoms with Crippen LogP contribution in [0.2, 0.25) is 0 Å². The number of likely N-dealkylation sites (tertiary alicyclic amines) is 1. The van der Waals surface area contributed by atoms with Crippen molar-refractivity contribution in [1.82, 2.24) is 10.2 Å². The molecule has 2 N–H and O–H groups in total. The van der Waals surface area contributed by atoms with Crippen molar-refractivity contribution < 1.29 is 14.6 Å². The number of aliphatic hydroxyl groups is 1. The van der Waals surface area contributed by atoms with E-state index >= 15 is 0 Å². The van der Waals surface area contributed by atoms with Crippen molar-refractivity contribution in [3.63, 3.8) is 0 Å². The lowest BCUT2D eigenvalue weighted by molar-refractivity contribution is -0.119.